The average Bonchev–Trinajstić information content (AvgIpc) is 3.38. The van der Waals surface area contributed by atoms with E-state index in [0.717, 1.165) is 25.5 Å². The van der Waals surface area contributed by atoms with Crippen LogP contribution in [-0.4, -0.2) is 72.3 Å². The molecule has 26 heavy (non-hydrogen) atoms. The highest BCUT2D eigenvalue weighted by atomic mass is 127. The molecule has 1 saturated carbocycles. The molecule has 0 radical (unpaired) electrons. The second-order valence-corrected chi connectivity index (χ2v) is 9.31. The summed E-state index contributed by atoms with van der Waals surface area (Å²) in [6.45, 7) is 6.49. The average molecular weight is 494 g/mol. The molecule has 0 spiro atoms. The van der Waals surface area contributed by atoms with Crippen LogP contribution in [-0.2, 0) is 4.74 Å². The van der Waals surface area contributed by atoms with Gasteiger partial charge >= 0.3 is 0 Å². The van der Waals surface area contributed by atoms with Crippen molar-refractivity contribution in [2.75, 3.05) is 37.7 Å². The van der Waals surface area contributed by atoms with Crippen molar-refractivity contribution in [1.82, 2.24) is 15.5 Å². The molecule has 4 fully saturated rings. The van der Waals surface area contributed by atoms with E-state index >= 15 is 0 Å². The Balaban J connectivity index is 0.00000196. The third-order valence-electron chi connectivity index (χ3n) is 6.52. The predicted molar refractivity (Wildman–Crippen MR) is 121 cm³/mol. The van der Waals surface area contributed by atoms with Crippen molar-refractivity contribution >= 4 is 41.7 Å². The highest BCUT2D eigenvalue weighted by molar-refractivity contribution is 14.0. The van der Waals surface area contributed by atoms with E-state index in [1.165, 1.54) is 63.1 Å². The van der Waals surface area contributed by atoms with Crippen LogP contribution < -0.4 is 10.6 Å². The van der Waals surface area contributed by atoms with E-state index in [1.54, 1.807) is 0 Å². The molecule has 2 N–H and O–H groups in total. The predicted octanol–water partition coefficient (Wildman–Crippen LogP) is 2.84. The number of aliphatic imine (C=N–C) groups is 1. The maximum absolute atomic E-state index is 6.00. The van der Waals surface area contributed by atoms with Gasteiger partial charge in [-0.05, 0) is 39.0 Å². The van der Waals surface area contributed by atoms with E-state index in [1.807, 2.05) is 0 Å². The summed E-state index contributed by atoms with van der Waals surface area (Å²) in [6.07, 6.45) is 9.83. The summed E-state index contributed by atoms with van der Waals surface area (Å²) in [4.78, 5) is 7.83. The van der Waals surface area contributed by atoms with Gasteiger partial charge in [-0.3, -0.25) is 9.89 Å². The van der Waals surface area contributed by atoms with Crippen LogP contribution in [0.3, 0.4) is 0 Å². The molecule has 3 heterocycles. The number of fused-ring (bicyclic) bond motifs is 2. The molecule has 4 aliphatic rings. The summed E-state index contributed by atoms with van der Waals surface area (Å²) in [7, 11) is 0. The molecule has 150 valence electrons. The smallest absolute Gasteiger partial charge is 0.191 e. The maximum atomic E-state index is 6.00. The van der Waals surface area contributed by atoms with E-state index in [-0.39, 0.29) is 24.0 Å². The summed E-state index contributed by atoms with van der Waals surface area (Å²) in [5.41, 5.74) is 0.314. The van der Waals surface area contributed by atoms with E-state index < -0.39 is 0 Å². The Bertz CT molecular complexity index is 480. The number of guanidine groups is 1. The normalized spacial score (nSPS) is 33.9. The first-order valence-corrected chi connectivity index (χ1v) is 11.5. The highest BCUT2D eigenvalue weighted by Crippen LogP contribution is 2.37. The molecule has 3 atom stereocenters. The number of nitrogens with one attached hydrogen (secondary N) is 2. The standard InChI is InChI=1S/C19H34N4OS.HI/c1-2-20-18(22-16-13-15-5-6-17(16)24-15)21-14-19(7-3-4-8-19)23-9-11-25-12-10-23;/h15-17H,2-14H2,1H3,(H2,20,21,22);1H. The number of halogens is 1. The first-order valence-electron chi connectivity index (χ1n) is 10.3. The second-order valence-electron chi connectivity index (χ2n) is 8.09. The minimum Gasteiger partial charge on any atom is -0.373 e. The van der Waals surface area contributed by atoms with Gasteiger partial charge in [0.15, 0.2) is 5.96 Å². The lowest BCUT2D eigenvalue weighted by atomic mass is 9.94. The van der Waals surface area contributed by atoms with Crippen LogP contribution in [0.5, 0.6) is 0 Å². The molecule has 3 saturated heterocycles. The van der Waals surface area contributed by atoms with Crippen molar-refractivity contribution in [2.24, 2.45) is 4.99 Å². The van der Waals surface area contributed by atoms with Crippen LogP contribution >= 0.6 is 35.7 Å². The van der Waals surface area contributed by atoms with Crippen LogP contribution in [0.4, 0.5) is 0 Å². The first-order chi connectivity index (χ1) is 12.3. The zero-order chi connectivity index (χ0) is 17.1. The summed E-state index contributed by atoms with van der Waals surface area (Å²) in [5, 5.41) is 7.16. The Morgan fingerprint density at radius 3 is 2.62 bits per heavy atom. The minimum atomic E-state index is 0. The van der Waals surface area contributed by atoms with Gasteiger partial charge < -0.3 is 15.4 Å². The number of ether oxygens (including phenoxy) is 1. The lowest BCUT2D eigenvalue weighted by Crippen LogP contribution is -2.53. The summed E-state index contributed by atoms with van der Waals surface area (Å²) < 4.78 is 6.00. The molecular formula is C19H35IN4OS. The molecule has 7 heteroatoms. The largest absolute Gasteiger partial charge is 0.373 e. The fraction of sp³-hybridized carbons (Fsp3) is 0.947. The zero-order valence-corrected chi connectivity index (χ0v) is 19.2. The molecule has 0 aromatic heterocycles. The number of thioether (sulfide) groups is 1. The molecule has 0 amide bonds. The van der Waals surface area contributed by atoms with Gasteiger partial charge in [0.1, 0.15) is 0 Å². The molecular weight excluding hydrogens is 459 g/mol. The minimum absolute atomic E-state index is 0. The van der Waals surface area contributed by atoms with Crippen LogP contribution in [0.2, 0.25) is 0 Å². The molecule has 3 unspecified atom stereocenters. The topological polar surface area (TPSA) is 48.9 Å². The van der Waals surface area contributed by atoms with Crippen molar-refractivity contribution in [3.8, 4) is 0 Å². The third-order valence-corrected chi connectivity index (χ3v) is 7.46. The lowest BCUT2D eigenvalue weighted by molar-refractivity contribution is 0.0991. The Morgan fingerprint density at radius 1 is 1.23 bits per heavy atom. The Morgan fingerprint density at radius 2 is 2.00 bits per heavy atom. The summed E-state index contributed by atoms with van der Waals surface area (Å²) in [5.74, 6) is 3.57. The molecule has 0 aromatic carbocycles. The third kappa shape index (κ3) is 4.63. The number of hydrogen-bond acceptors (Lipinski definition) is 4. The van der Waals surface area contributed by atoms with E-state index in [2.05, 4.69) is 34.2 Å². The van der Waals surface area contributed by atoms with Gasteiger partial charge in [0.25, 0.3) is 0 Å². The van der Waals surface area contributed by atoms with Gasteiger partial charge in [0.05, 0.1) is 24.8 Å². The van der Waals surface area contributed by atoms with Gasteiger partial charge in [-0.1, -0.05) is 12.8 Å². The van der Waals surface area contributed by atoms with Crippen molar-refractivity contribution < 1.29 is 4.74 Å². The number of hydrogen-bond donors (Lipinski definition) is 2. The first kappa shape index (κ1) is 21.0. The monoisotopic (exact) mass is 494 g/mol. The summed E-state index contributed by atoms with van der Waals surface area (Å²) in [6, 6.07) is 0.447. The van der Waals surface area contributed by atoms with Crippen LogP contribution in [0, 0.1) is 0 Å². The Hall–Kier alpha value is 0.270. The van der Waals surface area contributed by atoms with Gasteiger partial charge in [0.2, 0.25) is 0 Å². The zero-order valence-electron chi connectivity index (χ0n) is 16.0. The van der Waals surface area contributed by atoms with Crippen LogP contribution in [0.1, 0.15) is 51.9 Å². The van der Waals surface area contributed by atoms with Crippen LogP contribution in [0.15, 0.2) is 4.99 Å². The Labute approximate surface area is 179 Å². The number of rotatable bonds is 5. The number of nitrogens with zero attached hydrogens (tertiary/aromatic N) is 2. The van der Waals surface area contributed by atoms with Gasteiger partial charge in [0, 0.05) is 36.7 Å². The van der Waals surface area contributed by atoms with E-state index in [0.29, 0.717) is 23.8 Å². The fourth-order valence-electron chi connectivity index (χ4n) is 5.16. The second kappa shape index (κ2) is 9.65. The van der Waals surface area contributed by atoms with Gasteiger partial charge in [-0.25, -0.2) is 0 Å². The SMILES string of the molecule is CCNC(=NCC1(N2CCSCC2)CCCC1)NC1CC2CCC1O2.I. The highest BCUT2D eigenvalue weighted by Gasteiger charge is 2.42. The van der Waals surface area contributed by atoms with Crippen molar-refractivity contribution in [3.63, 3.8) is 0 Å². The van der Waals surface area contributed by atoms with Crippen LogP contribution in [0.25, 0.3) is 0 Å². The van der Waals surface area contributed by atoms with E-state index in [4.69, 9.17) is 9.73 Å². The molecule has 0 aromatic rings. The fourth-order valence-corrected chi connectivity index (χ4v) is 6.06. The van der Waals surface area contributed by atoms with Crippen molar-refractivity contribution in [1.29, 1.82) is 0 Å². The maximum Gasteiger partial charge on any atom is 0.191 e. The molecule has 3 aliphatic heterocycles. The molecule has 2 bridgehead atoms. The summed E-state index contributed by atoms with van der Waals surface area (Å²) >= 11 is 2.10. The lowest BCUT2D eigenvalue weighted by Gasteiger charge is -2.42. The quantitative estimate of drug-likeness (QED) is 0.350. The Kier molecular flexibility index (Phi) is 7.79. The van der Waals surface area contributed by atoms with Gasteiger partial charge in [-0.15, -0.1) is 24.0 Å². The molecule has 5 nitrogen and oxygen atoms in total. The van der Waals surface area contributed by atoms with Crippen molar-refractivity contribution in [2.45, 2.75) is 75.7 Å². The molecule has 1 aliphatic carbocycles. The van der Waals surface area contributed by atoms with Gasteiger partial charge in [-0.2, -0.15) is 11.8 Å². The van der Waals surface area contributed by atoms with Crippen molar-refractivity contribution in [3.05, 3.63) is 0 Å². The molecule has 4 rings (SSSR count). The van der Waals surface area contributed by atoms with E-state index in [9.17, 15) is 0 Å².